The van der Waals surface area contributed by atoms with Crippen molar-refractivity contribution in [2.45, 2.75) is 19.8 Å². The SMILES string of the molecule is CCOc1ccc(CCc2ccc(C#Cc3ccc4c(F)c(F)c(F)cc4c3)cc2)nc1. The van der Waals surface area contributed by atoms with Crippen molar-refractivity contribution in [1.82, 2.24) is 4.98 Å². The van der Waals surface area contributed by atoms with Crippen molar-refractivity contribution in [3.8, 4) is 17.6 Å². The summed E-state index contributed by atoms with van der Waals surface area (Å²) in [6.45, 7) is 2.56. The molecule has 32 heavy (non-hydrogen) atoms. The summed E-state index contributed by atoms with van der Waals surface area (Å²) in [5.41, 5.74) is 3.59. The van der Waals surface area contributed by atoms with Crippen LogP contribution in [0, 0.1) is 29.3 Å². The van der Waals surface area contributed by atoms with E-state index < -0.39 is 17.5 Å². The lowest BCUT2D eigenvalue weighted by molar-refractivity contribution is 0.338. The molecule has 5 heteroatoms. The van der Waals surface area contributed by atoms with E-state index in [2.05, 4.69) is 16.8 Å². The topological polar surface area (TPSA) is 22.1 Å². The molecule has 0 bridgehead atoms. The second-order valence-corrected chi connectivity index (χ2v) is 7.29. The fourth-order valence-corrected chi connectivity index (χ4v) is 3.37. The van der Waals surface area contributed by atoms with E-state index in [0.717, 1.165) is 35.9 Å². The number of fused-ring (bicyclic) bond motifs is 1. The molecule has 0 aliphatic rings. The molecule has 2 nitrogen and oxygen atoms in total. The third-order valence-corrected chi connectivity index (χ3v) is 5.06. The Labute approximate surface area is 184 Å². The van der Waals surface area contributed by atoms with Crippen molar-refractivity contribution < 1.29 is 17.9 Å². The quantitative estimate of drug-likeness (QED) is 0.276. The molecule has 0 spiro atoms. The molecule has 3 aromatic carbocycles. The smallest absolute Gasteiger partial charge is 0.195 e. The van der Waals surface area contributed by atoms with E-state index in [1.807, 2.05) is 43.3 Å². The van der Waals surface area contributed by atoms with Crippen LogP contribution in [0.4, 0.5) is 13.2 Å². The van der Waals surface area contributed by atoms with Crippen LogP contribution in [0.3, 0.4) is 0 Å². The number of benzene rings is 3. The summed E-state index contributed by atoms with van der Waals surface area (Å²) in [7, 11) is 0. The van der Waals surface area contributed by atoms with E-state index in [-0.39, 0.29) is 10.8 Å². The van der Waals surface area contributed by atoms with E-state index in [1.54, 1.807) is 18.3 Å². The van der Waals surface area contributed by atoms with Gasteiger partial charge in [-0.2, -0.15) is 0 Å². The molecule has 0 radical (unpaired) electrons. The standard InChI is InChI=1S/C27H20F3NO/c1-2-32-23-13-12-22(31-17-23)11-9-19-5-3-18(4-6-19)7-8-20-10-14-24-21(15-20)16-25(28)27(30)26(24)29/h3-6,10,12-17H,2,9,11H2,1H3. The number of ether oxygens (including phenoxy) is 1. The second-order valence-electron chi connectivity index (χ2n) is 7.29. The minimum Gasteiger partial charge on any atom is -0.492 e. The molecular weight excluding hydrogens is 411 g/mol. The van der Waals surface area contributed by atoms with Crippen molar-refractivity contribution in [1.29, 1.82) is 0 Å². The summed E-state index contributed by atoms with van der Waals surface area (Å²) >= 11 is 0. The number of halogens is 3. The first kappa shape index (κ1) is 21.5. The molecule has 4 rings (SSSR count). The van der Waals surface area contributed by atoms with Crippen molar-refractivity contribution in [2.75, 3.05) is 6.61 Å². The zero-order valence-corrected chi connectivity index (χ0v) is 17.5. The average molecular weight is 431 g/mol. The van der Waals surface area contributed by atoms with Gasteiger partial charge in [0.1, 0.15) is 5.75 Å². The summed E-state index contributed by atoms with van der Waals surface area (Å²) < 4.78 is 46.1. The number of hydrogen-bond acceptors (Lipinski definition) is 2. The van der Waals surface area contributed by atoms with Gasteiger partial charge in [0.25, 0.3) is 0 Å². The van der Waals surface area contributed by atoms with E-state index in [9.17, 15) is 13.2 Å². The maximum absolute atomic E-state index is 13.8. The number of rotatable bonds is 5. The molecular formula is C27H20F3NO. The van der Waals surface area contributed by atoms with Gasteiger partial charge in [-0.3, -0.25) is 4.98 Å². The van der Waals surface area contributed by atoms with E-state index in [0.29, 0.717) is 12.2 Å². The van der Waals surface area contributed by atoms with Crippen LogP contribution in [0.25, 0.3) is 10.8 Å². The van der Waals surface area contributed by atoms with Crippen LogP contribution >= 0.6 is 0 Å². The molecule has 0 aliphatic heterocycles. The highest BCUT2D eigenvalue weighted by Crippen LogP contribution is 2.24. The van der Waals surface area contributed by atoms with Gasteiger partial charge in [-0.25, -0.2) is 13.2 Å². The molecule has 0 unspecified atom stereocenters. The van der Waals surface area contributed by atoms with Crippen LogP contribution in [0.1, 0.15) is 29.3 Å². The van der Waals surface area contributed by atoms with Crippen LogP contribution in [-0.4, -0.2) is 11.6 Å². The van der Waals surface area contributed by atoms with Crippen molar-refractivity contribution in [3.63, 3.8) is 0 Å². The number of hydrogen-bond donors (Lipinski definition) is 0. The number of nitrogens with zero attached hydrogens (tertiary/aromatic N) is 1. The zero-order valence-electron chi connectivity index (χ0n) is 17.5. The predicted octanol–water partition coefficient (Wildman–Crippen LogP) is 6.24. The van der Waals surface area contributed by atoms with Gasteiger partial charge in [0.2, 0.25) is 0 Å². The average Bonchev–Trinajstić information content (AvgIpc) is 2.81. The molecule has 1 heterocycles. The van der Waals surface area contributed by atoms with Gasteiger partial charge in [0.05, 0.1) is 12.8 Å². The normalized spacial score (nSPS) is 10.6. The lowest BCUT2D eigenvalue weighted by Crippen LogP contribution is -1.96. The highest BCUT2D eigenvalue weighted by atomic mass is 19.2. The molecule has 4 aromatic rings. The Bertz CT molecular complexity index is 1300. The molecule has 0 atom stereocenters. The minimum atomic E-state index is -1.46. The first-order chi connectivity index (χ1) is 15.5. The predicted molar refractivity (Wildman–Crippen MR) is 119 cm³/mol. The Balaban J connectivity index is 1.42. The van der Waals surface area contributed by atoms with Crippen LogP contribution in [-0.2, 0) is 12.8 Å². The Hall–Kier alpha value is -3.78. The summed E-state index contributed by atoms with van der Waals surface area (Å²) in [6, 6.07) is 17.3. The maximum atomic E-state index is 13.8. The molecule has 0 saturated carbocycles. The summed E-state index contributed by atoms with van der Waals surface area (Å²) in [4.78, 5) is 4.42. The zero-order chi connectivity index (χ0) is 22.5. The van der Waals surface area contributed by atoms with Crippen molar-refractivity contribution >= 4 is 10.8 Å². The van der Waals surface area contributed by atoms with Crippen molar-refractivity contribution in [2.24, 2.45) is 0 Å². The van der Waals surface area contributed by atoms with Crippen LogP contribution in [0.5, 0.6) is 5.75 Å². The minimum absolute atomic E-state index is 0.0285. The molecule has 0 aliphatic carbocycles. The highest BCUT2D eigenvalue weighted by Gasteiger charge is 2.13. The lowest BCUT2D eigenvalue weighted by Gasteiger charge is -2.05. The van der Waals surface area contributed by atoms with Gasteiger partial charge >= 0.3 is 0 Å². The second kappa shape index (κ2) is 9.57. The monoisotopic (exact) mass is 431 g/mol. The van der Waals surface area contributed by atoms with Gasteiger partial charge in [-0.15, -0.1) is 0 Å². The molecule has 0 N–H and O–H groups in total. The Morgan fingerprint density at radius 3 is 2.28 bits per heavy atom. The first-order valence-electron chi connectivity index (χ1n) is 10.3. The Morgan fingerprint density at radius 1 is 0.812 bits per heavy atom. The number of pyridine rings is 1. The first-order valence-corrected chi connectivity index (χ1v) is 10.3. The number of aromatic nitrogens is 1. The lowest BCUT2D eigenvalue weighted by atomic mass is 10.0. The van der Waals surface area contributed by atoms with Crippen LogP contribution in [0.2, 0.25) is 0 Å². The Kier molecular flexibility index (Phi) is 6.42. The largest absolute Gasteiger partial charge is 0.492 e. The van der Waals surface area contributed by atoms with Gasteiger partial charge in [0, 0.05) is 22.2 Å². The number of aryl methyl sites for hydroxylation is 2. The fourth-order valence-electron chi connectivity index (χ4n) is 3.37. The van der Waals surface area contributed by atoms with E-state index in [1.165, 1.54) is 11.6 Å². The molecule has 0 saturated heterocycles. The summed E-state index contributed by atoms with van der Waals surface area (Å²) in [6.07, 6.45) is 3.42. The summed E-state index contributed by atoms with van der Waals surface area (Å²) in [5.74, 6) is 2.95. The fraction of sp³-hybridized carbons (Fsp3) is 0.148. The van der Waals surface area contributed by atoms with Crippen LogP contribution < -0.4 is 4.74 Å². The van der Waals surface area contributed by atoms with Gasteiger partial charge in [0.15, 0.2) is 17.5 Å². The van der Waals surface area contributed by atoms with Crippen LogP contribution in [0.15, 0.2) is 66.9 Å². The molecule has 0 fully saturated rings. The van der Waals surface area contributed by atoms with Gasteiger partial charge in [-0.1, -0.05) is 30.0 Å². The summed E-state index contributed by atoms with van der Waals surface area (Å²) in [5, 5.41) is 0.298. The maximum Gasteiger partial charge on any atom is 0.195 e. The van der Waals surface area contributed by atoms with E-state index >= 15 is 0 Å². The van der Waals surface area contributed by atoms with Crippen molar-refractivity contribution in [3.05, 3.63) is 107 Å². The third-order valence-electron chi connectivity index (χ3n) is 5.06. The van der Waals surface area contributed by atoms with Gasteiger partial charge in [-0.05, 0) is 73.2 Å². The third kappa shape index (κ3) is 4.92. The molecule has 1 aromatic heterocycles. The van der Waals surface area contributed by atoms with E-state index in [4.69, 9.17) is 4.74 Å². The highest BCUT2D eigenvalue weighted by molar-refractivity contribution is 5.84. The molecule has 0 amide bonds. The van der Waals surface area contributed by atoms with Gasteiger partial charge < -0.3 is 4.74 Å². The Morgan fingerprint density at radius 2 is 1.56 bits per heavy atom. The molecule has 160 valence electrons.